The standard InChI is InChI=1S/C45H34F4N6/c1-10-25(15-50)35-30(21(2)3)11-26(12-31(35)22(4)5)37-38(27-13-32(23(6)7)36(28(16-51)17-52)33(14-27)24(8)9)40(37)34(20-55)41-44(48)42(46)39(29(18-53)19-54)43(47)45(41)49/h1,11-14,21-24,41H,2-9H3/b35-25?,37-26?,40-34+. The molecule has 6 nitrogen and oxygen atoms in total. The van der Waals surface area contributed by atoms with E-state index in [1.165, 1.54) is 12.1 Å². The first-order chi connectivity index (χ1) is 26.0. The Morgan fingerprint density at radius 1 is 0.509 bits per heavy atom. The number of terminal acetylenes is 1. The Hall–Kier alpha value is -6.90. The minimum atomic E-state index is -2.49. The zero-order chi connectivity index (χ0) is 41.2. The van der Waals surface area contributed by atoms with Crippen LogP contribution < -0.4 is 20.9 Å². The highest BCUT2D eigenvalue weighted by atomic mass is 19.2. The molecule has 2 aliphatic carbocycles. The zero-order valence-electron chi connectivity index (χ0n) is 31.5. The van der Waals surface area contributed by atoms with E-state index in [0.717, 1.165) is 0 Å². The number of hydrogen-bond donors (Lipinski definition) is 0. The van der Waals surface area contributed by atoms with Gasteiger partial charge in [-0.15, -0.1) is 6.42 Å². The van der Waals surface area contributed by atoms with Crippen LogP contribution in [0.2, 0.25) is 0 Å². The van der Waals surface area contributed by atoms with E-state index in [1.807, 2.05) is 67.5 Å². The summed E-state index contributed by atoms with van der Waals surface area (Å²) in [7, 11) is 0. The van der Waals surface area contributed by atoms with Crippen LogP contribution >= 0.6 is 0 Å². The summed E-state index contributed by atoms with van der Waals surface area (Å²) in [4.78, 5) is 0. The predicted octanol–water partition coefficient (Wildman–Crippen LogP) is 7.80. The molecule has 0 unspecified atom stereocenters. The lowest BCUT2D eigenvalue weighted by molar-refractivity contribution is 0.400. The van der Waals surface area contributed by atoms with Crippen molar-refractivity contribution in [2.45, 2.75) is 79.1 Å². The topological polar surface area (TPSA) is 143 Å². The molecule has 272 valence electrons. The number of rotatable bonds is 5. The Bertz CT molecular complexity index is 2500. The molecule has 0 N–H and O–H groups in total. The van der Waals surface area contributed by atoms with E-state index in [2.05, 4.69) is 12.0 Å². The van der Waals surface area contributed by atoms with E-state index in [4.69, 9.17) is 6.42 Å². The average molecular weight is 735 g/mol. The first-order valence-corrected chi connectivity index (χ1v) is 17.3. The first-order valence-electron chi connectivity index (χ1n) is 17.3. The third kappa shape index (κ3) is 6.99. The lowest BCUT2D eigenvalue weighted by Gasteiger charge is -2.20. The van der Waals surface area contributed by atoms with Crippen molar-refractivity contribution in [3.05, 3.63) is 113 Å². The van der Waals surface area contributed by atoms with Crippen LogP contribution in [0.1, 0.15) is 101 Å². The van der Waals surface area contributed by atoms with Gasteiger partial charge in [-0.2, -0.15) is 31.6 Å². The van der Waals surface area contributed by atoms with Crippen LogP contribution in [0.5, 0.6) is 0 Å². The molecule has 0 atom stereocenters. The van der Waals surface area contributed by atoms with Gasteiger partial charge in [-0.1, -0.05) is 85.6 Å². The normalized spacial score (nSPS) is 15.9. The second-order valence-electron chi connectivity index (χ2n) is 14.3. The summed E-state index contributed by atoms with van der Waals surface area (Å²) >= 11 is 0. The Morgan fingerprint density at radius 3 is 1.11 bits per heavy atom. The average Bonchev–Trinajstić information content (AvgIpc) is 3.89. The fourth-order valence-corrected chi connectivity index (χ4v) is 6.97. The van der Waals surface area contributed by atoms with Crippen LogP contribution in [0.25, 0.3) is 22.3 Å². The Balaban J connectivity index is 2.46. The number of benzene rings is 2. The second kappa shape index (κ2) is 16.0. The maximum Gasteiger partial charge on any atom is 0.168 e. The molecule has 0 bridgehead atoms. The summed E-state index contributed by atoms with van der Waals surface area (Å²) in [6.45, 7) is 15.1. The van der Waals surface area contributed by atoms with Gasteiger partial charge in [0, 0.05) is 16.0 Å². The maximum absolute atomic E-state index is 16.0. The molecule has 0 saturated heterocycles. The van der Waals surface area contributed by atoms with E-state index >= 15 is 17.6 Å². The van der Waals surface area contributed by atoms with Crippen LogP contribution in [0, 0.1) is 86.2 Å². The molecule has 2 aromatic carbocycles. The van der Waals surface area contributed by atoms with E-state index in [0.29, 0.717) is 54.3 Å². The van der Waals surface area contributed by atoms with Crippen molar-refractivity contribution >= 4 is 22.3 Å². The summed E-state index contributed by atoms with van der Waals surface area (Å²) in [5, 5.41) is 60.8. The maximum atomic E-state index is 16.0. The van der Waals surface area contributed by atoms with Crippen LogP contribution in [0.3, 0.4) is 0 Å². The molecule has 0 heterocycles. The quantitative estimate of drug-likeness (QED) is 0.174. The van der Waals surface area contributed by atoms with Gasteiger partial charge in [-0.3, -0.25) is 0 Å². The molecule has 2 aliphatic rings. The highest BCUT2D eigenvalue weighted by molar-refractivity contribution is 6.29. The molecule has 10 heteroatoms. The number of hydrogen-bond acceptors (Lipinski definition) is 6. The fourth-order valence-electron chi connectivity index (χ4n) is 6.97. The molecular formula is C45H34F4N6. The van der Waals surface area contributed by atoms with E-state index < -0.39 is 45.9 Å². The highest BCUT2D eigenvalue weighted by Crippen LogP contribution is 2.54. The molecule has 0 aliphatic heterocycles. The van der Waals surface area contributed by atoms with E-state index in [-0.39, 0.29) is 40.4 Å². The monoisotopic (exact) mass is 734 g/mol. The van der Waals surface area contributed by atoms with E-state index in [1.54, 1.807) is 30.3 Å². The summed E-state index contributed by atoms with van der Waals surface area (Å²) in [6, 6.07) is 17.3. The number of allylic oxidation sites excluding steroid dienone is 8. The lowest BCUT2D eigenvalue weighted by atomic mass is 9.87. The molecule has 2 aromatic rings. The predicted molar refractivity (Wildman–Crippen MR) is 200 cm³/mol. The van der Waals surface area contributed by atoms with Gasteiger partial charge < -0.3 is 0 Å². The molecular weight excluding hydrogens is 701 g/mol. The van der Waals surface area contributed by atoms with Gasteiger partial charge in [0.25, 0.3) is 0 Å². The number of nitriles is 6. The van der Waals surface area contributed by atoms with Crippen molar-refractivity contribution in [1.82, 2.24) is 0 Å². The van der Waals surface area contributed by atoms with Gasteiger partial charge in [0.2, 0.25) is 0 Å². The van der Waals surface area contributed by atoms with Crippen LogP contribution in [0.15, 0.2) is 69.9 Å². The van der Waals surface area contributed by atoms with Gasteiger partial charge >= 0.3 is 0 Å². The van der Waals surface area contributed by atoms with Crippen molar-refractivity contribution in [1.29, 1.82) is 31.6 Å². The van der Waals surface area contributed by atoms with Gasteiger partial charge in [-0.25, -0.2) is 17.6 Å². The SMILES string of the molecule is C#CC(C#N)=c1c(C(C)C)cc(=C2C(=c3cc(C(C)C)c(=C(C#N)C#N)c(C(C)C)c3)/C2=C(\C#N)C2C(F)=C(F)C(=C(C#N)C#N)C(F)=C2F)cc1C(C)C. The van der Waals surface area contributed by atoms with Crippen molar-refractivity contribution in [3.63, 3.8) is 0 Å². The van der Waals surface area contributed by atoms with Crippen molar-refractivity contribution < 1.29 is 17.6 Å². The third-order valence-corrected chi connectivity index (χ3v) is 9.65. The summed E-state index contributed by atoms with van der Waals surface area (Å²) in [5.74, 6) is -8.62. The van der Waals surface area contributed by atoms with Crippen molar-refractivity contribution in [3.8, 4) is 48.8 Å². The molecule has 1 saturated carbocycles. The molecule has 1 fully saturated rings. The second-order valence-corrected chi connectivity index (χ2v) is 14.3. The molecule has 0 spiro atoms. The molecule has 55 heavy (non-hydrogen) atoms. The molecule has 0 amide bonds. The first kappa shape index (κ1) is 40.9. The lowest BCUT2D eigenvalue weighted by Crippen LogP contribution is -2.25. The van der Waals surface area contributed by atoms with Crippen LogP contribution in [-0.4, -0.2) is 0 Å². The summed E-state index contributed by atoms with van der Waals surface area (Å²) in [6.07, 6.45) is 5.77. The minimum absolute atomic E-state index is 0.00662. The molecule has 0 radical (unpaired) electrons. The van der Waals surface area contributed by atoms with Crippen molar-refractivity contribution in [2.24, 2.45) is 5.92 Å². The van der Waals surface area contributed by atoms with E-state index in [9.17, 15) is 31.6 Å². The number of halogens is 4. The Kier molecular flexibility index (Phi) is 11.9. The third-order valence-electron chi connectivity index (χ3n) is 9.65. The largest absolute Gasteiger partial charge is 0.207 e. The minimum Gasteiger partial charge on any atom is -0.207 e. The summed E-state index contributed by atoms with van der Waals surface area (Å²) in [5.41, 5.74) is -0.0809. The smallest absolute Gasteiger partial charge is 0.168 e. The fraction of sp³-hybridized carbons (Fsp3) is 0.289. The van der Waals surface area contributed by atoms with Crippen LogP contribution in [0.4, 0.5) is 17.6 Å². The van der Waals surface area contributed by atoms with Gasteiger partial charge in [0.15, 0.2) is 23.3 Å². The molecule has 0 aromatic heterocycles. The van der Waals surface area contributed by atoms with Gasteiger partial charge in [-0.05, 0) is 67.5 Å². The summed E-state index contributed by atoms with van der Waals surface area (Å²) < 4.78 is 63.2. The highest BCUT2D eigenvalue weighted by Gasteiger charge is 2.45. The Labute approximate surface area is 317 Å². The zero-order valence-corrected chi connectivity index (χ0v) is 31.5. The molecule has 4 rings (SSSR count). The van der Waals surface area contributed by atoms with Crippen molar-refractivity contribution in [2.75, 3.05) is 0 Å². The van der Waals surface area contributed by atoms with Gasteiger partial charge in [0.1, 0.15) is 53.0 Å². The number of nitrogens with zero attached hydrogens (tertiary/aromatic N) is 6. The van der Waals surface area contributed by atoms with Gasteiger partial charge in [0.05, 0.1) is 17.2 Å². The Morgan fingerprint density at radius 2 is 0.836 bits per heavy atom. The van der Waals surface area contributed by atoms with Crippen LogP contribution in [-0.2, 0) is 0 Å².